The molecule has 98 valence electrons. The number of quaternary nitrogens is 1. The molecule has 0 bridgehead atoms. The van der Waals surface area contributed by atoms with Crippen molar-refractivity contribution in [3.8, 4) is 0 Å². The summed E-state index contributed by atoms with van der Waals surface area (Å²) >= 11 is 0. The lowest BCUT2D eigenvalue weighted by molar-refractivity contribution is -0.873. The number of hydrogen-bond acceptors (Lipinski definition) is 4. The largest absolute Gasteiger partial charge is 0.470 e. The third kappa shape index (κ3) is 9.23. The molecule has 0 fully saturated rings. The molecule has 0 aliphatic rings. The molecular weight excluding hydrogens is 237 g/mol. The van der Waals surface area contributed by atoms with Gasteiger partial charge in [-0.2, -0.15) is 0 Å². The van der Waals surface area contributed by atoms with Crippen molar-refractivity contribution in [3.05, 3.63) is 0 Å². The second-order valence-corrected chi connectivity index (χ2v) is 5.95. The minimum absolute atomic E-state index is 0.0167. The van der Waals surface area contributed by atoms with Crippen molar-refractivity contribution in [1.29, 1.82) is 0 Å². The van der Waals surface area contributed by atoms with Crippen molar-refractivity contribution in [2.45, 2.75) is 18.6 Å². The molecule has 0 aromatic rings. The van der Waals surface area contributed by atoms with Crippen LogP contribution in [-0.4, -0.2) is 71.0 Å². The first-order valence-corrected chi connectivity index (χ1v) is 6.40. The second-order valence-electron chi connectivity index (χ2n) is 4.76. The average molecular weight is 258 g/mol. The van der Waals surface area contributed by atoms with Gasteiger partial charge < -0.3 is 24.5 Å². The van der Waals surface area contributed by atoms with Gasteiger partial charge in [0.1, 0.15) is 12.6 Å². The first kappa shape index (κ1) is 16.0. The minimum atomic E-state index is -4.58. The van der Waals surface area contributed by atoms with Crippen LogP contribution in [0.1, 0.15) is 6.42 Å². The number of likely N-dealkylation sites (N-methyl/N-ethyl adjacent to an activating group) is 1. The highest BCUT2D eigenvalue weighted by Gasteiger charge is 2.28. The van der Waals surface area contributed by atoms with Gasteiger partial charge in [-0.25, -0.2) is 4.57 Å². The normalized spacial score (nSPS) is 17.2. The zero-order valence-corrected chi connectivity index (χ0v) is 10.7. The zero-order valence-electron chi connectivity index (χ0n) is 9.78. The van der Waals surface area contributed by atoms with Crippen molar-refractivity contribution in [2.24, 2.45) is 0 Å². The van der Waals surface area contributed by atoms with Crippen LogP contribution in [0, 0.1) is 0 Å². The fraction of sp³-hybridized carbons (Fsp3) is 1.00. The summed E-state index contributed by atoms with van der Waals surface area (Å²) in [6, 6.07) is 0. The van der Waals surface area contributed by atoms with Gasteiger partial charge in [-0.1, -0.05) is 0 Å². The quantitative estimate of drug-likeness (QED) is 0.341. The van der Waals surface area contributed by atoms with Gasteiger partial charge in [0.15, 0.2) is 0 Å². The Morgan fingerprint density at radius 3 is 2.12 bits per heavy atom. The Kier molecular flexibility index (Phi) is 6.06. The number of rotatable bonds is 7. The summed E-state index contributed by atoms with van der Waals surface area (Å²) in [4.78, 5) is 17.4. The van der Waals surface area contributed by atoms with Crippen molar-refractivity contribution in [1.82, 2.24) is 0 Å². The standard InChI is InChI=1S/C8H20NO6P/c1-9(2,3)5-8(4-7(11)6-10)15-16(12,13)14/h7-8,10-11H,4-6H2,1-3H3,(H-,12,13,14)/p+1. The van der Waals surface area contributed by atoms with E-state index < -0.39 is 26.6 Å². The molecule has 2 atom stereocenters. The Labute approximate surface area is 95.1 Å². The molecule has 0 radical (unpaired) electrons. The van der Waals surface area contributed by atoms with E-state index in [0.717, 1.165) is 0 Å². The van der Waals surface area contributed by atoms with E-state index in [0.29, 0.717) is 11.0 Å². The van der Waals surface area contributed by atoms with Crippen LogP contribution in [0.4, 0.5) is 0 Å². The summed E-state index contributed by atoms with van der Waals surface area (Å²) in [5.41, 5.74) is 0. The molecule has 8 heteroatoms. The van der Waals surface area contributed by atoms with E-state index in [1.54, 1.807) is 0 Å². The summed E-state index contributed by atoms with van der Waals surface area (Å²) in [5.74, 6) is 0. The fourth-order valence-corrected chi connectivity index (χ4v) is 1.88. The highest BCUT2D eigenvalue weighted by Crippen LogP contribution is 2.38. The molecule has 0 rings (SSSR count). The van der Waals surface area contributed by atoms with E-state index >= 15 is 0 Å². The maximum absolute atomic E-state index is 10.7. The molecule has 0 saturated carbocycles. The number of hydrogen-bond donors (Lipinski definition) is 4. The van der Waals surface area contributed by atoms with Crippen LogP contribution in [-0.2, 0) is 9.09 Å². The zero-order chi connectivity index (χ0) is 13.0. The fourth-order valence-electron chi connectivity index (χ4n) is 1.33. The van der Waals surface area contributed by atoms with Crippen LogP contribution in [0.2, 0.25) is 0 Å². The van der Waals surface area contributed by atoms with Crippen molar-refractivity contribution >= 4 is 7.82 Å². The van der Waals surface area contributed by atoms with Gasteiger partial charge in [-0.3, -0.25) is 4.52 Å². The third-order valence-electron chi connectivity index (χ3n) is 1.78. The second kappa shape index (κ2) is 6.07. The first-order valence-electron chi connectivity index (χ1n) is 4.87. The molecule has 0 aromatic carbocycles. The maximum atomic E-state index is 10.7. The van der Waals surface area contributed by atoms with Gasteiger partial charge in [-0.15, -0.1) is 0 Å². The van der Waals surface area contributed by atoms with E-state index in [9.17, 15) is 9.67 Å². The summed E-state index contributed by atoms with van der Waals surface area (Å²) in [5, 5.41) is 17.9. The SMILES string of the molecule is C[N+](C)(C)CC(CC(O)CO)OP(=O)(O)O. The van der Waals surface area contributed by atoms with Crippen molar-refractivity contribution in [2.75, 3.05) is 34.3 Å². The monoisotopic (exact) mass is 258 g/mol. The molecule has 4 N–H and O–H groups in total. The van der Waals surface area contributed by atoms with Gasteiger partial charge in [0.25, 0.3) is 0 Å². The van der Waals surface area contributed by atoms with Gasteiger partial charge in [0.05, 0.1) is 33.9 Å². The van der Waals surface area contributed by atoms with E-state index in [-0.39, 0.29) is 6.42 Å². The predicted molar refractivity (Wildman–Crippen MR) is 57.5 cm³/mol. The Morgan fingerprint density at radius 2 is 1.81 bits per heavy atom. The van der Waals surface area contributed by atoms with E-state index in [1.165, 1.54) is 0 Å². The van der Waals surface area contributed by atoms with Crippen molar-refractivity contribution < 1.29 is 33.6 Å². The predicted octanol–water partition coefficient (Wildman–Crippen LogP) is -1.09. The van der Waals surface area contributed by atoms with Gasteiger partial charge in [-0.05, 0) is 0 Å². The lowest BCUT2D eigenvalue weighted by Crippen LogP contribution is -2.43. The third-order valence-corrected chi connectivity index (χ3v) is 2.36. The van der Waals surface area contributed by atoms with E-state index in [1.807, 2.05) is 21.1 Å². The lowest BCUT2D eigenvalue weighted by atomic mass is 10.1. The smallest absolute Gasteiger partial charge is 0.394 e. The topological polar surface area (TPSA) is 107 Å². The molecule has 16 heavy (non-hydrogen) atoms. The Morgan fingerprint density at radius 1 is 1.31 bits per heavy atom. The van der Waals surface area contributed by atoms with Crippen LogP contribution < -0.4 is 0 Å². The molecule has 0 saturated heterocycles. The molecular formula is C8H21NO6P+. The van der Waals surface area contributed by atoms with Crippen LogP contribution in [0.15, 0.2) is 0 Å². The average Bonchev–Trinajstić information content (AvgIpc) is 1.97. The number of aliphatic hydroxyl groups is 2. The maximum Gasteiger partial charge on any atom is 0.470 e. The number of phosphoric ester groups is 1. The Balaban J connectivity index is 4.45. The Hall–Kier alpha value is -0.0100. The summed E-state index contributed by atoms with van der Waals surface area (Å²) in [7, 11) is 0.927. The minimum Gasteiger partial charge on any atom is -0.394 e. The summed E-state index contributed by atoms with van der Waals surface area (Å²) in [6.45, 7) is -0.139. The van der Waals surface area contributed by atoms with Gasteiger partial charge >= 0.3 is 7.82 Å². The van der Waals surface area contributed by atoms with E-state index in [2.05, 4.69) is 4.52 Å². The summed E-state index contributed by atoms with van der Waals surface area (Å²) < 4.78 is 15.7. The lowest BCUT2D eigenvalue weighted by Gasteiger charge is -2.29. The van der Waals surface area contributed by atoms with Crippen LogP contribution >= 0.6 is 7.82 Å². The van der Waals surface area contributed by atoms with Crippen molar-refractivity contribution in [3.63, 3.8) is 0 Å². The molecule has 0 aromatic heterocycles. The van der Waals surface area contributed by atoms with Gasteiger partial charge in [0.2, 0.25) is 0 Å². The molecule has 0 aliphatic heterocycles. The van der Waals surface area contributed by atoms with Crippen LogP contribution in [0.5, 0.6) is 0 Å². The first-order chi connectivity index (χ1) is 7.03. The molecule has 0 aliphatic carbocycles. The van der Waals surface area contributed by atoms with E-state index in [4.69, 9.17) is 14.9 Å². The molecule has 0 amide bonds. The molecule has 0 spiro atoms. The Bertz CT molecular complexity index is 247. The molecule has 2 unspecified atom stereocenters. The molecule has 7 nitrogen and oxygen atoms in total. The summed E-state index contributed by atoms with van der Waals surface area (Å²) in [6.07, 6.45) is -1.86. The van der Waals surface area contributed by atoms with Gasteiger partial charge in [0, 0.05) is 6.42 Å². The highest BCUT2D eigenvalue weighted by molar-refractivity contribution is 7.46. The molecule has 0 heterocycles. The highest BCUT2D eigenvalue weighted by atomic mass is 31.2. The number of aliphatic hydroxyl groups excluding tert-OH is 2. The van der Waals surface area contributed by atoms with Crippen LogP contribution in [0.3, 0.4) is 0 Å². The number of phosphoric acid groups is 1. The van der Waals surface area contributed by atoms with Crippen LogP contribution in [0.25, 0.3) is 0 Å². The number of nitrogens with zero attached hydrogens (tertiary/aromatic N) is 1.